The van der Waals surface area contributed by atoms with Crippen molar-refractivity contribution in [1.29, 1.82) is 0 Å². The van der Waals surface area contributed by atoms with Crippen molar-refractivity contribution in [2.75, 3.05) is 13.1 Å². The summed E-state index contributed by atoms with van der Waals surface area (Å²) in [6, 6.07) is 0.263. The number of carbonyl (C=O) groups excluding carboxylic acids is 1. The van der Waals surface area contributed by atoms with Crippen LogP contribution in [0.3, 0.4) is 0 Å². The van der Waals surface area contributed by atoms with E-state index in [1.807, 2.05) is 24.7 Å². The number of aromatic nitrogens is 2. The molecule has 0 spiro atoms. The number of carbonyl (C=O) groups is 1. The molecule has 0 saturated heterocycles. The van der Waals surface area contributed by atoms with E-state index in [-0.39, 0.29) is 11.9 Å². The molecule has 2 N–H and O–H groups in total. The van der Waals surface area contributed by atoms with Gasteiger partial charge in [0.15, 0.2) is 0 Å². The Morgan fingerprint density at radius 3 is 2.94 bits per heavy atom. The second kappa shape index (κ2) is 7.87. The number of aryl methyl sites for hydroxylation is 1. The van der Waals surface area contributed by atoms with Crippen molar-refractivity contribution in [3.63, 3.8) is 0 Å². The van der Waals surface area contributed by atoms with E-state index in [0.29, 0.717) is 6.54 Å². The van der Waals surface area contributed by atoms with Crippen LogP contribution in [0.2, 0.25) is 0 Å². The molecule has 0 fully saturated rings. The van der Waals surface area contributed by atoms with Gasteiger partial charge in [-0.15, -0.1) is 0 Å². The van der Waals surface area contributed by atoms with Crippen molar-refractivity contribution in [3.05, 3.63) is 18.2 Å². The van der Waals surface area contributed by atoms with Gasteiger partial charge in [-0.1, -0.05) is 13.3 Å². The fraction of sp³-hybridized carbons (Fsp3) is 0.692. The van der Waals surface area contributed by atoms with Crippen LogP contribution in [0.1, 0.15) is 32.5 Å². The first kappa shape index (κ1) is 14.7. The summed E-state index contributed by atoms with van der Waals surface area (Å²) >= 11 is 0. The van der Waals surface area contributed by atoms with E-state index in [0.717, 1.165) is 31.6 Å². The predicted octanol–water partition coefficient (Wildman–Crippen LogP) is 0.857. The summed E-state index contributed by atoms with van der Waals surface area (Å²) in [6.07, 6.45) is 6.66. The molecular weight excluding hydrogens is 228 g/mol. The average molecular weight is 252 g/mol. The lowest BCUT2D eigenvalue weighted by atomic mass is 10.2. The number of imidazole rings is 1. The molecule has 5 nitrogen and oxygen atoms in total. The highest BCUT2D eigenvalue weighted by Crippen LogP contribution is 1.95. The maximum absolute atomic E-state index is 11.6. The number of nitrogens with one attached hydrogen (secondary N) is 2. The number of hydrogen-bond donors (Lipinski definition) is 2. The van der Waals surface area contributed by atoms with Gasteiger partial charge >= 0.3 is 0 Å². The molecule has 0 saturated carbocycles. The smallest absolute Gasteiger partial charge is 0.234 e. The summed E-state index contributed by atoms with van der Waals surface area (Å²) < 4.78 is 1.99. The van der Waals surface area contributed by atoms with Gasteiger partial charge in [0, 0.05) is 38.4 Å². The Balaban J connectivity index is 2.11. The summed E-state index contributed by atoms with van der Waals surface area (Å²) in [4.78, 5) is 15.8. The molecule has 1 atom stereocenters. The van der Waals surface area contributed by atoms with Gasteiger partial charge < -0.3 is 15.2 Å². The third kappa shape index (κ3) is 5.31. The Labute approximate surface area is 109 Å². The largest absolute Gasteiger partial charge is 0.353 e. The fourth-order valence-electron chi connectivity index (χ4n) is 1.87. The highest BCUT2D eigenvalue weighted by Gasteiger charge is 2.05. The quantitative estimate of drug-likeness (QED) is 0.675. The van der Waals surface area contributed by atoms with Crippen molar-refractivity contribution in [1.82, 2.24) is 20.2 Å². The molecule has 1 unspecified atom stereocenters. The first-order chi connectivity index (χ1) is 8.63. The van der Waals surface area contributed by atoms with E-state index in [2.05, 4.69) is 22.5 Å². The van der Waals surface area contributed by atoms with Crippen molar-refractivity contribution in [2.45, 2.75) is 39.2 Å². The van der Waals surface area contributed by atoms with Gasteiger partial charge in [-0.05, 0) is 13.3 Å². The van der Waals surface area contributed by atoms with Crippen LogP contribution in [0.25, 0.3) is 0 Å². The molecule has 0 radical (unpaired) electrons. The lowest BCUT2D eigenvalue weighted by Gasteiger charge is -2.13. The van der Waals surface area contributed by atoms with E-state index in [9.17, 15) is 4.79 Å². The maximum Gasteiger partial charge on any atom is 0.234 e. The van der Waals surface area contributed by atoms with Gasteiger partial charge in [-0.2, -0.15) is 0 Å². The third-order valence-corrected chi connectivity index (χ3v) is 2.86. The van der Waals surface area contributed by atoms with Crippen LogP contribution in [-0.2, 0) is 18.3 Å². The number of rotatable bonds is 8. The number of amides is 1. The van der Waals surface area contributed by atoms with Crippen LogP contribution in [-0.4, -0.2) is 34.6 Å². The molecule has 1 heterocycles. The van der Waals surface area contributed by atoms with Crippen LogP contribution in [0, 0.1) is 0 Å². The monoisotopic (exact) mass is 252 g/mol. The minimum absolute atomic E-state index is 0.0655. The van der Waals surface area contributed by atoms with Crippen molar-refractivity contribution >= 4 is 5.91 Å². The lowest BCUT2D eigenvalue weighted by Crippen LogP contribution is -2.39. The van der Waals surface area contributed by atoms with Gasteiger partial charge in [0.2, 0.25) is 5.91 Å². The average Bonchev–Trinajstić information content (AvgIpc) is 2.71. The highest BCUT2D eigenvalue weighted by atomic mass is 16.1. The van der Waals surface area contributed by atoms with E-state index < -0.39 is 0 Å². The predicted molar refractivity (Wildman–Crippen MR) is 72.3 cm³/mol. The normalized spacial score (nSPS) is 12.4. The Kier molecular flexibility index (Phi) is 6.43. The summed E-state index contributed by atoms with van der Waals surface area (Å²) in [5.41, 5.74) is 0. The topological polar surface area (TPSA) is 59.0 Å². The van der Waals surface area contributed by atoms with Crippen molar-refractivity contribution < 1.29 is 4.79 Å². The summed E-state index contributed by atoms with van der Waals surface area (Å²) in [7, 11) is 1.97. The van der Waals surface area contributed by atoms with E-state index in [1.165, 1.54) is 0 Å². The zero-order valence-electron chi connectivity index (χ0n) is 11.6. The van der Waals surface area contributed by atoms with Gasteiger partial charge in [0.1, 0.15) is 5.82 Å². The standard InChI is InChI=1S/C13H24N4O/c1-4-5-11(2)16-13(18)10-14-7-6-12-15-8-9-17(12)3/h8-9,11,14H,4-7,10H2,1-3H3,(H,16,18). The molecule has 0 aliphatic rings. The first-order valence-corrected chi connectivity index (χ1v) is 6.59. The minimum atomic E-state index is 0.0655. The first-order valence-electron chi connectivity index (χ1n) is 6.59. The van der Waals surface area contributed by atoms with E-state index >= 15 is 0 Å². The zero-order chi connectivity index (χ0) is 13.4. The Morgan fingerprint density at radius 2 is 2.33 bits per heavy atom. The Bertz CT molecular complexity index is 362. The third-order valence-electron chi connectivity index (χ3n) is 2.86. The molecule has 0 aromatic carbocycles. The van der Waals surface area contributed by atoms with Gasteiger partial charge in [0.05, 0.1) is 6.54 Å². The summed E-state index contributed by atoms with van der Waals surface area (Å²) in [6.45, 7) is 5.29. The Morgan fingerprint density at radius 1 is 1.56 bits per heavy atom. The van der Waals surface area contributed by atoms with E-state index in [4.69, 9.17) is 0 Å². The fourth-order valence-corrected chi connectivity index (χ4v) is 1.87. The van der Waals surface area contributed by atoms with Gasteiger partial charge in [-0.3, -0.25) is 4.79 Å². The van der Waals surface area contributed by atoms with Crippen LogP contribution < -0.4 is 10.6 Å². The second-order valence-electron chi connectivity index (χ2n) is 4.64. The lowest BCUT2D eigenvalue weighted by molar-refractivity contribution is -0.120. The van der Waals surface area contributed by atoms with Crippen LogP contribution >= 0.6 is 0 Å². The molecule has 5 heteroatoms. The molecule has 102 valence electrons. The molecule has 0 aliphatic heterocycles. The molecule has 1 amide bonds. The SMILES string of the molecule is CCCC(C)NC(=O)CNCCc1nccn1C. The summed E-state index contributed by atoms with van der Waals surface area (Å²) in [5.74, 6) is 1.10. The second-order valence-corrected chi connectivity index (χ2v) is 4.64. The number of nitrogens with zero attached hydrogens (tertiary/aromatic N) is 2. The zero-order valence-corrected chi connectivity index (χ0v) is 11.6. The molecule has 1 rings (SSSR count). The van der Waals surface area contributed by atoms with E-state index in [1.54, 1.807) is 6.20 Å². The molecule has 1 aromatic rings. The minimum Gasteiger partial charge on any atom is -0.353 e. The highest BCUT2D eigenvalue weighted by molar-refractivity contribution is 5.78. The van der Waals surface area contributed by atoms with Crippen molar-refractivity contribution in [2.24, 2.45) is 7.05 Å². The molecular formula is C13H24N4O. The van der Waals surface area contributed by atoms with Gasteiger partial charge in [-0.25, -0.2) is 4.98 Å². The van der Waals surface area contributed by atoms with Gasteiger partial charge in [0.25, 0.3) is 0 Å². The van der Waals surface area contributed by atoms with Crippen molar-refractivity contribution in [3.8, 4) is 0 Å². The Hall–Kier alpha value is -1.36. The molecule has 18 heavy (non-hydrogen) atoms. The van der Waals surface area contributed by atoms with Crippen LogP contribution in [0.15, 0.2) is 12.4 Å². The molecule has 0 bridgehead atoms. The summed E-state index contributed by atoms with van der Waals surface area (Å²) in [5, 5.41) is 6.10. The molecule has 1 aromatic heterocycles. The number of hydrogen-bond acceptors (Lipinski definition) is 3. The molecule has 0 aliphatic carbocycles. The van der Waals surface area contributed by atoms with Crippen LogP contribution in [0.4, 0.5) is 0 Å². The maximum atomic E-state index is 11.6. The van der Waals surface area contributed by atoms with Crippen LogP contribution in [0.5, 0.6) is 0 Å².